The second-order valence-electron chi connectivity index (χ2n) is 3.52. The van der Waals surface area contributed by atoms with E-state index >= 15 is 0 Å². The van der Waals surface area contributed by atoms with Crippen molar-refractivity contribution < 1.29 is 9.47 Å². The van der Waals surface area contributed by atoms with Crippen LogP contribution < -0.4 is 15.2 Å². The predicted molar refractivity (Wildman–Crippen MR) is 66.4 cm³/mol. The molecule has 0 atom stereocenters. The zero-order valence-corrected chi connectivity index (χ0v) is 10.0. The molecule has 0 amide bonds. The van der Waals surface area contributed by atoms with Crippen molar-refractivity contribution in [1.82, 2.24) is 15.0 Å². The molecule has 6 heteroatoms. The largest absolute Gasteiger partial charge is 0.489 e. The Hall–Kier alpha value is -2.37. The van der Waals surface area contributed by atoms with Gasteiger partial charge in [-0.1, -0.05) is 6.07 Å². The van der Waals surface area contributed by atoms with Gasteiger partial charge in [0.1, 0.15) is 6.33 Å². The number of nitrogens with zero attached hydrogens (tertiary/aromatic N) is 3. The molecule has 0 aromatic carbocycles. The number of rotatable bonds is 5. The molecule has 0 unspecified atom stereocenters. The van der Waals surface area contributed by atoms with E-state index in [1.165, 1.54) is 13.4 Å². The van der Waals surface area contributed by atoms with Crippen LogP contribution in [0.3, 0.4) is 0 Å². The van der Waals surface area contributed by atoms with Crippen molar-refractivity contribution in [2.24, 2.45) is 0 Å². The van der Waals surface area contributed by atoms with Gasteiger partial charge in [0.15, 0.2) is 5.82 Å². The number of aromatic nitrogens is 3. The van der Waals surface area contributed by atoms with Crippen molar-refractivity contribution in [3.8, 4) is 11.6 Å². The minimum atomic E-state index is 0.264. The highest BCUT2D eigenvalue weighted by Crippen LogP contribution is 2.28. The molecular formula is C12H14N4O2. The van der Waals surface area contributed by atoms with Gasteiger partial charge in [-0.2, -0.15) is 4.98 Å². The van der Waals surface area contributed by atoms with E-state index in [0.717, 1.165) is 5.69 Å². The fourth-order valence-electron chi connectivity index (χ4n) is 1.46. The van der Waals surface area contributed by atoms with E-state index in [9.17, 15) is 0 Å². The summed E-state index contributed by atoms with van der Waals surface area (Å²) >= 11 is 0. The molecule has 0 fully saturated rings. The van der Waals surface area contributed by atoms with Crippen molar-refractivity contribution in [2.75, 3.05) is 19.5 Å². The monoisotopic (exact) mass is 246 g/mol. The van der Waals surface area contributed by atoms with E-state index in [0.29, 0.717) is 24.7 Å². The highest BCUT2D eigenvalue weighted by Gasteiger charge is 2.10. The third kappa shape index (κ3) is 2.85. The van der Waals surface area contributed by atoms with Crippen LogP contribution in [0.5, 0.6) is 11.6 Å². The molecule has 2 rings (SSSR count). The summed E-state index contributed by atoms with van der Waals surface area (Å²) in [6.07, 6.45) is 3.78. The number of nitrogens with two attached hydrogens (primary N) is 1. The van der Waals surface area contributed by atoms with Gasteiger partial charge >= 0.3 is 0 Å². The van der Waals surface area contributed by atoms with Gasteiger partial charge in [-0.25, -0.2) is 4.98 Å². The molecule has 6 nitrogen and oxygen atoms in total. The lowest BCUT2D eigenvalue weighted by Gasteiger charge is -2.09. The van der Waals surface area contributed by atoms with Crippen LogP contribution in [0.4, 0.5) is 5.82 Å². The van der Waals surface area contributed by atoms with E-state index in [2.05, 4.69) is 15.0 Å². The topological polar surface area (TPSA) is 83.2 Å². The van der Waals surface area contributed by atoms with Gasteiger partial charge in [0, 0.05) is 18.3 Å². The maximum Gasteiger partial charge on any atom is 0.262 e. The van der Waals surface area contributed by atoms with E-state index in [-0.39, 0.29) is 5.82 Å². The van der Waals surface area contributed by atoms with Gasteiger partial charge in [0.05, 0.1) is 13.7 Å². The van der Waals surface area contributed by atoms with Crippen LogP contribution in [-0.2, 0) is 6.42 Å². The Morgan fingerprint density at radius 1 is 1.22 bits per heavy atom. The maximum absolute atomic E-state index is 5.65. The van der Waals surface area contributed by atoms with E-state index in [4.69, 9.17) is 15.2 Å². The highest BCUT2D eigenvalue weighted by molar-refractivity contribution is 5.51. The Labute approximate surface area is 105 Å². The van der Waals surface area contributed by atoms with Crippen LogP contribution in [0.25, 0.3) is 0 Å². The molecule has 0 bridgehead atoms. The minimum Gasteiger partial charge on any atom is -0.489 e. The standard InChI is InChI=1S/C12H14N4O2/c1-17-10-11(13)15-8-16-12(10)18-7-5-9-4-2-3-6-14-9/h2-4,6,8H,5,7H2,1H3,(H2,13,15,16). The summed E-state index contributed by atoms with van der Waals surface area (Å²) in [5, 5.41) is 0. The van der Waals surface area contributed by atoms with Crippen LogP contribution in [0, 0.1) is 0 Å². The molecule has 18 heavy (non-hydrogen) atoms. The second-order valence-corrected chi connectivity index (χ2v) is 3.52. The quantitative estimate of drug-likeness (QED) is 0.850. The lowest BCUT2D eigenvalue weighted by atomic mass is 10.3. The van der Waals surface area contributed by atoms with Crippen molar-refractivity contribution in [3.05, 3.63) is 36.4 Å². The molecule has 94 valence electrons. The van der Waals surface area contributed by atoms with Gasteiger partial charge in [-0.05, 0) is 12.1 Å². The summed E-state index contributed by atoms with van der Waals surface area (Å²) in [4.78, 5) is 12.0. The first-order valence-electron chi connectivity index (χ1n) is 5.48. The zero-order chi connectivity index (χ0) is 12.8. The molecule has 0 saturated carbocycles. The molecule has 2 aromatic heterocycles. The molecule has 0 saturated heterocycles. The molecular weight excluding hydrogens is 232 g/mol. The average Bonchev–Trinajstić information content (AvgIpc) is 2.40. The Morgan fingerprint density at radius 3 is 2.83 bits per heavy atom. The highest BCUT2D eigenvalue weighted by atomic mass is 16.5. The molecule has 2 aromatic rings. The fourth-order valence-corrected chi connectivity index (χ4v) is 1.46. The van der Waals surface area contributed by atoms with Gasteiger partial charge in [-0.3, -0.25) is 4.98 Å². The van der Waals surface area contributed by atoms with Crippen LogP contribution in [0.2, 0.25) is 0 Å². The zero-order valence-electron chi connectivity index (χ0n) is 10.0. The normalized spacial score (nSPS) is 10.1. The number of nitrogen functional groups attached to an aromatic ring is 1. The first-order valence-corrected chi connectivity index (χ1v) is 5.48. The van der Waals surface area contributed by atoms with E-state index in [1.807, 2.05) is 18.2 Å². The van der Waals surface area contributed by atoms with Crippen molar-refractivity contribution >= 4 is 5.82 Å². The Balaban J connectivity index is 1.96. The maximum atomic E-state index is 5.65. The third-order valence-electron chi connectivity index (χ3n) is 2.33. The first kappa shape index (κ1) is 12.1. The summed E-state index contributed by atoms with van der Waals surface area (Å²) in [6.45, 7) is 0.448. The molecule has 0 aliphatic heterocycles. The molecule has 2 N–H and O–H groups in total. The SMILES string of the molecule is COc1c(N)ncnc1OCCc1ccccn1. The Kier molecular flexibility index (Phi) is 3.90. The number of pyridine rings is 1. The van der Waals surface area contributed by atoms with Crippen LogP contribution in [0.15, 0.2) is 30.7 Å². The summed E-state index contributed by atoms with van der Waals surface area (Å²) < 4.78 is 10.6. The molecule has 0 aliphatic rings. The Bertz CT molecular complexity index is 505. The second kappa shape index (κ2) is 5.81. The molecule has 0 aliphatic carbocycles. The number of anilines is 1. The number of methoxy groups -OCH3 is 1. The van der Waals surface area contributed by atoms with Crippen molar-refractivity contribution in [1.29, 1.82) is 0 Å². The summed E-state index contributed by atoms with van der Waals surface area (Å²) in [5.74, 6) is 0.972. The van der Waals surface area contributed by atoms with Crippen LogP contribution >= 0.6 is 0 Å². The van der Waals surface area contributed by atoms with Gasteiger partial charge < -0.3 is 15.2 Å². The summed E-state index contributed by atoms with van der Waals surface area (Å²) in [6, 6.07) is 5.75. The van der Waals surface area contributed by atoms with Gasteiger partial charge in [0.2, 0.25) is 5.75 Å². The molecule has 2 heterocycles. The van der Waals surface area contributed by atoms with E-state index < -0.39 is 0 Å². The van der Waals surface area contributed by atoms with Crippen molar-refractivity contribution in [2.45, 2.75) is 6.42 Å². The Morgan fingerprint density at radius 2 is 2.11 bits per heavy atom. The van der Waals surface area contributed by atoms with Gasteiger partial charge in [0.25, 0.3) is 5.88 Å². The summed E-state index contributed by atoms with van der Waals surface area (Å²) in [7, 11) is 1.50. The first-order chi connectivity index (χ1) is 8.81. The predicted octanol–water partition coefficient (Wildman–Crippen LogP) is 1.08. The van der Waals surface area contributed by atoms with Gasteiger partial charge in [-0.15, -0.1) is 0 Å². The number of hydrogen-bond acceptors (Lipinski definition) is 6. The third-order valence-corrected chi connectivity index (χ3v) is 2.33. The number of ether oxygens (including phenoxy) is 2. The van der Waals surface area contributed by atoms with Crippen LogP contribution in [-0.4, -0.2) is 28.7 Å². The lowest BCUT2D eigenvalue weighted by molar-refractivity contribution is 0.284. The fraction of sp³-hybridized carbons (Fsp3) is 0.250. The van der Waals surface area contributed by atoms with Crippen molar-refractivity contribution in [3.63, 3.8) is 0 Å². The van der Waals surface area contributed by atoms with Crippen LogP contribution in [0.1, 0.15) is 5.69 Å². The smallest absolute Gasteiger partial charge is 0.262 e. The minimum absolute atomic E-state index is 0.264. The van der Waals surface area contributed by atoms with E-state index in [1.54, 1.807) is 6.20 Å². The average molecular weight is 246 g/mol. The molecule has 0 spiro atoms. The summed E-state index contributed by atoms with van der Waals surface area (Å²) in [5.41, 5.74) is 6.60. The lowest BCUT2D eigenvalue weighted by Crippen LogP contribution is -2.07. The molecule has 0 radical (unpaired) electrons. The number of hydrogen-bond donors (Lipinski definition) is 1.